The van der Waals surface area contributed by atoms with Crippen LogP contribution in [0.1, 0.15) is 66.7 Å². The van der Waals surface area contributed by atoms with Gasteiger partial charge in [-0.2, -0.15) is 0 Å². The van der Waals surface area contributed by atoms with Gasteiger partial charge < -0.3 is 10.1 Å². The van der Waals surface area contributed by atoms with Gasteiger partial charge >= 0.3 is 5.97 Å². The maximum absolute atomic E-state index is 11.8. The van der Waals surface area contributed by atoms with Crippen molar-refractivity contribution in [2.24, 2.45) is 5.92 Å². The highest BCUT2D eigenvalue weighted by Crippen LogP contribution is 2.10. The molecular formula is C15H31NO2. The Morgan fingerprint density at radius 3 is 2.28 bits per heavy atom. The smallest absolute Gasteiger partial charge is 0.323 e. The van der Waals surface area contributed by atoms with Gasteiger partial charge in [0.05, 0.1) is 6.61 Å². The van der Waals surface area contributed by atoms with Crippen molar-refractivity contribution in [2.45, 2.75) is 78.8 Å². The Kier molecular flexibility index (Phi) is 10.0. The van der Waals surface area contributed by atoms with Crippen molar-refractivity contribution < 1.29 is 9.53 Å². The number of hydrogen-bond donors (Lipinski definition) is 1. The van der Waals surface area contributed by atoms with E-state index in [9.17, 15) is 4.79 Å². The highest BCUT2D eigenvalue weighted by Gasteiger charge is 2.20. The van der Waals surface area contributed by atoms with Crippen LogP contribution in [-0.2, 0) is 9.53 Å². The second kappa shape index (κ2) is 10.4. The molecule has 0 bridgehead atoms. The molecule has 3 nitrogen and oxygen atoms in total. The van der Waals surface area contributed by atoms with Crippen molar-refractivity contribution >= 4 is 5.97 Å². The molecular weight excluding hydrogens is 226 g/mol. The van der Waals surface area contributed by atoms with Crippen molar-refractivity contribution in [3.05, 3.63) is 0 Å². The van der Waals surface area contributed by atoms with Crippen molar-refractivity contribution in [3.8, 4) is 0 Å². The average molecular weight is 257 g/mol. The normalized spacial score (nSPS) is 14.6. The van der Waals surface area contributed by atoms with E-state index in [-0.39, 0.29) is 12.0 Å². The van der Waals surface area contributed by atoms with Crippen LogP contribution in [0.2, 0.25) is 0 Å². The predicted octanol–water partition coefficient (Wildman–Crippen LogP) is 3.52. The van der Waals surface area contributed by atoms with Crippen molar-refractivity contribution in [1.82, 2.24) is 5.32 Å². The van der Waals surface area contributed by atoms with Crippen molar-refractivity contribution in [1.29, 1.82) is 0 Å². The van der Waals surface area contributed by atoms with E-state index in [0.717, 1.165) is 25.2 Å². The lowest BCUT2D eigenvalue weighted by molar-refractivity contribution is -0.146. The molecule has 0 aromatic carbocycles. The van der Waals surface area contributed by atoms with E-state index < -0.39 is 0 Å². The first-order valence-electron chi connectivity index (χ1n) is 7.43. The monoisotopic (exact) mass is 257 g/mol. The number of esters is 1. The lowest BCUT2D eigenvalue weighted by Gasteiger charge is -2.21. The SMILES string of the molecule is CCCC(NC(C)CCCC(C)C)C(=O)OCC. The molecule has 0 fully saturated rings. The zero-order chi connectivity index (χ0) is 14.0. The molecule has 0 aromatic rings. The van der Waals surface area contributed by atoms with E-state index in [1.807, 2.05) is 6.92 Å². The maximum atomic E-state index is 11.8. The Labute approximate surface area is 113 Å². The summed E-state index contributed by atoms with van der Waals surface area (Å²) in [6.45, 7) is 11.1. The Morgan fingerprint density at radius 2 is 1.78 bits per heavy atom. The Balaban J connectivity index is 4.02. The minimum absolute atomic E-state index is 0.102. The lowest BCUT2D eigenvalue weighted by atomic mass is 10.0. The van der Waals surface area contributed by atoms with Crippen LogP contribution in [0.5, 0.6) is 0 Å². The second-order valence-electron chi connectivity index (χ2n) is 5.49. The number of rotatable bonds is 10. The van der Waals surface area contributed by atoms with E-state index >= 15 is 0 Å². The molecule has 1 N–H and O–H groups in total. The van der Waals surface area contributed by atoms with Crippen LogP contribution < -0.4 is 5.32 Å². The number of nitrogens with one attached hydrogen (secondary N) is 1. The average Bonchev–Trinajstić information content (AvgIpc) is 2.28. The molecule has 0 saturated heterocycles. The summed E-state index contributed by atoms with van der Waals surface area (Å²) in [5.41, 5.74) is 0. The van der Waals surface area contributed by atoms with Gasteiger partial charge in [-0.05, 0) is 32.6 Å². The molecule has 0 saturated carbocycles. The molecule has 0 heterocycles. The second-order valence-corrected chi connectivity index (χ2v) is 5.49. The number of hydrogen-bond acceptors (Lipinski definition) is 3. The van der Waals surface area contributed by atoms with Gasteiger partial charge in [0.15, 0.2) is 0 Å². The van der Waals surface area contributed by atoms with Gasteiger partial charge in [-0.3, -0.25) is 4.79 Å². The van der Waals surface area contributed by atoms with E-state index in [2.05, 4.69) is 33.0 Å². The van der Waals surface area contributed by atoms with Gasteiger partial charge in [0, 0.05) is 6.04 Å². The molecule has 0 radical (unpaired) electrons. The minimum Gasteiger partial charge on any atom is -0.465 e. The summed E-state index contributed by atoms with van der Waals surface area (Å²) in [5, 5.41) is 3.40. The first kappa shape index (κ1) is 17.4. The number of ether oxygens (including phenoxy) is 1. The van der Waals surface area contributed by atoms with Crippen LogP contribution in [0.4, 0.5) is 0 Å². The van der Waals surface area contributed by atoms with E-state index in [0.29, 0.717) is 12.6 Å². The van der Waals surface area contributed by atoms with Crippen molar-refractivity contribution in [3.63, 3.8) is 0 Å². The number of carbonyl (C=O) groups excluding carboxylic acids is 1. The highest BCUT2D eigenvalue weighted by molar-refractivity contribution is 5.75. The van der Waals surface area contributed by atoms with Crippen LogP contribution >= 0.6 is 0 Å². The lowest BCUT2D eigenvalue weighted by Crippen LogP contribution is -2.43. The molecule has 18 heavy (non-hydrogen) atoms. The standard InChI is InChI=1S/C15H31NO2/c1-6-9-14(15(17)18-7-2)16-13(5)11-8-10-12(3)4/h12-14,16H,6-11H2,1-5H3. The third-order valence-corrected chi connectivity index (χ3v) is 3.05. The molecule has 0 aliphatic carbocycles. The zero-order valence-corrected chi connectivity index (χ0v) is 12.8. The molecule has 0 aliphatic rings. The van der Waals surface area contributed by atoms with Crippen LogP contribution in [0.25, 0.3) is 0 Å². The molecule has 0 amide bonds. The summed E-state index contributed by atoms with van der Waals surface area (Å²) in [5.74, 6) is 0.656. The van der Waals surface area contributed by atoms with E-state index in [1.165, 1.54) is 12.8 Å². The van der Waals surface area contributed by atoms with Crippen LogP contribution in [0, 0.1) is 5.92 Å². The van der Waals surface area contributed by atoms with Crippen LogP contribution in [-0.4, -0.2) is 24.7 Å². The van der Waals surface area contributed by atoms with Crippen molar-refractivity contribution in [2.75, 3.05) is 6.61 Å². The van der Waals surface area contributed by atoms with Crippen LogP contribution in [0.3, 0.4) is 0 Å². The predicted molar refractivity (Wildman–Crippen MR) is 76.6 cm³/mol. The molecule has 0 spiro atoms. The van der Waals surface area contributed by atoms with E-state index in [4.69, 9.17) is 4.74 Å². The molecule has 3 heteroatoms. The zero-order valence-electron chi connectivity index (χ0n) is 12.8. The highest BCUT2D eigenvalue weighted by atomic mass is 16.5. The maximum Gasteiger partial charge on any atom is 0.323 e. The summed E-state index contributed by atoms with van der Waals surface area (Å²) < 4.78 is 5.10. The summed E-state index contributed by atoms with van der Waals surface area (Å²) in [4.78, 5) is 11.8. The van der Waals surface area contributed by atoms with Gasteiger partial charge in [-0.1, -0.05) is 40.0 Å². The molecule has 0 aromatic heterocycles. The third-order valence-electron chi connectivity index (χ3n) is 3.05. The fourth-order valence-corrected chi connectivity index (χ4v) is 2.06. The summed E-state index contributed by atoms with van der Waals surface area (Å²) in [7, 11) is 0. The van der Waals surface area contributed by atoms with Gasteiger partial charge in [0.2, 0.25) is 0 Å². The van der Waals surface area contributed by atoms with Gasteiger partial charge in [-0.15, -0.1) is 0 Å². The fourth-order valence-electron chi connectivity index (χ4n) is 2.06. The third kappa shape index (κ3) is 8.51. The number of carbonyl (C=O) groups is 1. The quantitative estimate of drug-likeness (QED) is 0.609. The van der Waals surface area contributed by atoms with Gasteiger partial charge in [0.25, 0.3) is 0 Å². The minimum atomic E-state index is -0.135. The molecule has 0 aliphatic heterocycles. The first-order chi connectivity index (χ1) is 8.51. The Hall–Kier alpha value is -0.570. The molecule has 2 unspecified atom stereocenters. The van der Waals surface area contributed by atoms with Gasteiger partial charge in [-0.25, -0.2) is 0 Å². The fraction of sp³-hybridized carbons (Fsp3) is 0.933. The Morgan fingerprint density at radius 1 is 1.11 bits per heavy atom. The molecule has 2 atom stereocenters. The van der Waals surface area contributed by atoms with Gasteiger partial charge in [0.1, 0.15) is 6.04 Å². The molecule has 108 valence electrons. The largest absolute Gasteiger partial charge is 0.465 e. The van der Waals surface area contributed by atoms with Crippen LogP contribution in [0.15, 0.2) is 0 Å². The first-order valence-corrected chi connectivity index (χ1v) is 7.43. The molecule has 0 rings (SSSR count). The van der Waals surface area contributed by atoms with E-state index in [1.54, 1.807) is 0 Å². The Bertz CT molecular complexity index is 217. The summed E-state index contributed by atoms with van der Waals surface area (Å²) in [6.07, 6.45) is 5.44. The topological polar surface area (TPSA) is 38.3 Å². The summed E-state index contributed by atoms with van der Waals surface area (Å²) >= 11 is 0. The summed E-state index contributed by atoms with van der Waals surface area (Å²) in [6, 6.07) is 0.244.